The molecule has 4 aliphatic rings. The topological polar surface area (TPSA) is 222 Å². The SMILES string of the molecule is COc1cc2c(cc1OCCCCCOc1cc3c(cc1C)C(=O)N1C=C(C)C[C@H]1[C@H](O)N3C(=O)OCc1ccc(CC(=O)[C@H](C)NC(=O)[C@@H](CC(C)=O)C(C)C)cc1)N(C(C)=O)[C@@H](O)[C@@H]1CC(C)=CN1C2=O. The molecule has 4 aliphatic heterocycles. The van der Waals surface area contributed by atoms with Gasteiger partial charge >= 0.3 is 6.09 Å². The van der Waals surface area contributed by atoms with E-state index in [-0.39, 0.29) is 90.4 Å². The Hall–Kier alpha value is -7.05. The molecule has 3 aromatic rings. The number of aryl methyl sites for hydroxylation is 1. The number of nitrogens with one attached hydrogen (secondary N) is 1. The van der Waals surface area contributed by atoms with Gasteiger partial charge in [-0.1, -0.05) is 49.3 Å². The highest BCUT2D eigenvalue weighted by Crippen LogP contribution is 2.43. The standard InChI is InChI=1S/C55H67N5O13/c1-30(2)39(22-34(6)61)50(64)56-35(7)46(63)23-37-13-15-38(16-14-37)29-73-55(69)60-43-25-47(33(5)21-40(43)51(65)58-28-32(4)20-45(58)54(60)68)71-17-11-10-12-18-72-49-26-42-41(24-48(49)70-9)52(66)57-27-31(3)19-44(57)53(67)59(42)36(8)62/h13-16,21,24-28,30,35,39,44-45,53-54,67-68H,10-12,17-20,22-23,29H2,1-9H3,(H,56,64)/t35-,39-,44-,45-,53-,54-/m0/s1. The number of fused-ring (bicyclic) bond motifs is 4. The summed E-state index contributed by atoms with van der Waals surface area (Å²) in [7, 11) is 1.46. The van der Waals surface area contributed by atoms with Crippen LogP contribution in [0, 0.1) is 18.8 Å². The third kappa shape index (κ3) is 11.8. The summed E-state index contributed by atoms with van der Waals surface area (Å²) >= 11 is 0. The molecule has 0 fully saturated rings. The number of methoxy groups -OCH3 is 1. The van der Waals surface area contributed by atoms with Gasteiger partial charge < -0.3 is 49.1 Å². The van der Waals surface area contributed by atoms with Crippen molar-refractivity contribution in [1.29, 1.82) is 0 Å². The van der Waals surface area contributed by atoms with Crippen LogP contribution in [-0.4, -0.2) is 112 Å². The molecule has 390 valence electrons. The number of carbonyl (C=O) groups is 7. The number of Topliss-reactive ketones (excluding diaryl/α,β-unsaturated/α-hetero) is 2. The summed E-state index contributed by atoms with van der Waals surface area (Å²) in [5.74, 6) is -1.40. The van der Waals surface area contributed by atoms with Crippen LogP contribution in [0.4, 0.5) is 16.2 Å². The maximum absolute atomic E-state index is 14.1. The van der Waals surface area contributed by atoms with Crippen molar-refractivity contribution in [3.05, 3.63) is 99.9 Å². The Morgan fingerprint density at radius 2 is 1.25 bits per heavy atom. The molecule has 0 unspecified atom stereocenters. The predicted octanol–water partition coefficient (Wildman–Crippen LogP) is 6.90. The summed E-state index contributed by atoms with van der Waals surface area (Å²) in [4.78, 5) is 97.7. The minimum Gasteiger partial charge on any atom is -0.493 e. The second kappa shape index (κ2) is 22.8. The van der Waals surface area contributed by atoms with Crippen molar-refractivity contribution in [2.45, 2.75) is 138 Å². The number of aliphatic hydroxyl groups excluding tert-OH is 2. The van der Waals surface area contributed by atoms with Crippen LogP contribution in [0.3, 0.4) is 0 Å². The molecule has 0 saturated heterocycles. The molecule has 6 atom stereocenters. The fourth-order valence-electron chi connectivity index (χ4n) is 9.82. The molecular formula is C55H67N5O13. The van der Waals surface area contributed by atoms with Crippen LogP contribution in [-0.2, 0) is 36.9 Å². The van der Waals surface area contributed by atoms with Gasteiger partial charge in [0.1, 0.15) is 18.1 Å². The molecular weight excluding hydrogens is 939 g/mol. The normalized spacial score (nSPS) is 19.9. The highest BCUT2D eigenvalue weighted by atomic mass is 16.6. The molecule has 0 spiro atoms. The van der Waals surface area contributed by atoms with E-state index in [2.05, 4.69) is 5.32 Å². The fraction of sp³-hybridized carbons (Fsp3) is 0.473. The van der Waals surface area contributed by atoms with Crippen LogP contribution >= 0.6 is 0 Å². The number of nitrogens with zero attached hydrogens (tertiary/aromatic N) is 4. The van der Waals surface area contributed by atoms with Crippen molar-refractivity contribution in [3.63, 3.8) is 0 Å². The summed E-state index contributed by atoms with van der Waals surface area (Å²) < 4.78 is 23.8. The van der Waals surface area contributed by atoms with Gasteiger partial charge in [0.15, 0.2) is 29.7 Å². The Labute approximate surface area is 425 Å². The summed E-state index contributed by atoms with van der Waals surface area (Å²) in [6.07, 6.45) is 2.54. The quantitative estimate of drug-likeness (QED) is 0.104. The number of amides is 5. The Balaban J connectivity index is 0.970. The van der Waals surface area contributed by atoms with Crippen molar-refractivity contribution in [3.8, 4) is 17.2 Å². The van der Waals surface area contributed by atoms with E-state index in [0.29, 0.717) is 66.0 Å². The van der Waals surface area contributed by atoms with Crippen molar-refractivity contribution in [1.82, 2.24) is 15.1 Å². The summed E-state index contributed by atoms with van der Waals surface area (Å²) in [5.41, 5.74) is 4.47. The smallest absolute Gasteiger partial charge is 0.416 e. The van der Waals surface area contributed by atoms with Crippen LogP contribution in [0.25, 0.3) is 0 Å². The lowest BCUT2D eigenvalue weighted by atomic mass is 9.89. The fourth-order valence-corrected chi connectivity index (χ4v) is 9.82. The molecule has 73 heavy (non-hydrogen) atoms. The van der Waals surface area contributed by atoms with Crippen LogP contribution in [0.1, 0.15) is 124 Å². The number of ether oxygens (including phenoxy) is 4. The van der Waals surface area contributed by atoms with Gasteiger partial charge in [-0.05, 0) is 101 Å². The average Bonchev–Trinajstić information content (AvgIpc) is 3.91. The highest BCUT2D eigenvalue weighted by molar-refractivity contribution is 6.08. The van der Waals surface area contributed by atoms with E-state index >= 15 is 0 Å². The van der Waals surface area contributed by atoms with Crippen LogP contribution in [0.15, 0.2) is 72.1 Å². The lowest BCUT2D eigenvalue weighted by Gasteiger charge is -2.31. The summed E-state index contributed by atoms with van der Waals surface area (Å²) in [6.45, 7) is 14.0. The van der Waals surface area contributed by atoms with Crippen molar-refractivity contribution >= 4 is 52.7 Å². The van der Waals surface area contributed by atoms with Crippen LogP contribution in [0.2, 0.25) is 0 Å². The number of hydrogen-bond acceptors (Lipinski definition) is 13. The molecule has 3 N–H and O–H groups in total. The molecule has 7 rings (SSSR count). The third-order valence-electron chi connectivity index (χ3n) is 13.8. The van der Waals surface area contributed by atoms with E-state index in [1.54, 1.807) is 68.7 Å². The molecule has 5 amide bonds. The predicted molar refractivity (Wildman–Crippen MR) is 270 cm³/mol. The zero-order valence-corrected chi connectivity index (χ0v) is 43.1. The molecule has 18 heteroatoms. The van der Waals surface area contributed by atoms with E-state index in [0.717, 1.165) is 16.0 Å². The Kier molecular flexibility index (Phi) is 16.8. The first kappa shape index (κ1) is 53.7. The number of ketones is 2. The first-order valence-electron chi connectivity index (χ1n) is 24.8. The second-order valence-electron chi connectivity index (χ2n) is 19.9. The van der Waals surface area contributed by atoms with Gasteiger partial charge in [-0.3, -0.25) is 28.9 Å². The number of unbranched alkanes of at least 4 members (excludes halogenated alkanes) is 2. The van der Waals surface area contributed by atoms with E-state index < -0.39 is 48.5 Å². The molecule has 18 nitrogen and oxygen atoms in total. The second-order valence-corrected chi connectivity index (χ2v) is 19.9. The average molecular weight is 1010 g/mol. The molecule has 0 radical (unpaired) electrons. The van der Waals surface area contributed by atoms with E-state index in [1.807, 2.05) is 27.7 Å². The van der Waals surface area contributed by atoms with Gasteiger partial charge in [-0.25, -0.2) is 9.69 Å². The summed E-state index contributed by atoms with van der Waals surface area (Å²) in [5, 5.41) is 25.9. The number of aliphatic hydroxyl groups is 2. The molecule has 0 bridgehead atoms. The molecule has 0 aliphatic carbocycles. The van der Waals surface area contributed by atoms with Crippen molar-refractivity contribution < 1.29 is 62.7 Å². The van der Waals surface area contributed by atoms with Gasteiger partial charge in [0.05, 0.1) is 61.0 Å². The Morgan fingerprint density at radius 3 is 1.81 bits per heavy atom. The minimum absolute atomic E-state index is 0.0406. The number of benzene rings is 3. The van der Waals surface area contributed by atoms with Gasteiger partial charge in [-0.2, -0.15) is 0 Å². The number of anilines is 2. The van der Waals surface area contributed by atoms with E-state index in [4.69, 9.17) is 18.9 Å². The highest BCUT2D eigenvalue weighted by Gasteiger charge is 2.46. The first-order valence-corrected chi connectivity index (χ1v) is 24.8. The first-order chi connectivity index (χ1) is 34.7. The lowest BCUT2D eigenvalue weighted by molar-refractivity contribution is -0.132. The van der Waals surface area contributed by atoms with Gasteiger partial charge in [-0.15, -0.1) is 0 Å². The largest absolute Gasteiger partial charge is 0.493 e. The number of hydrogen-bond donors (Lipinski definition) is 3. The van der Waals surface area contributed by atoms with Crippen molar-refractivity contribution in [2.75, 3.05) is 30.1 Å². The van der Waals surface area contributed by atoms with Crippen molar-refractivity contribution in [2.24, 2.45) is 11.8 Å². The monoisotopic (exact) mass is 1010 g/mol. The van der Waals surface area contributed by atoms with Gasteiger partial charge in [0.25, 0.3) is 11.8 Å². The Morgan fingerprint density at radius 1 is 0.712 bits per heavy atom. The molecule has 0 saturated carbocycles. The minimum atomic E-state index is -1.47. The zero-order chi connectivity index (χ0) is 53.0. The number of rotatable bonds is 19. The van der Waals surface area contributed by atoms with Gasteiger partial charge in [0, 0.05) is 50.2 Å². The molecule has 3 aromatic carbocycles. The number of carbonyl (C=O) groups excluding carboxylic acids is 7. The van der Waals surface area contributed by atoms with Gasteiger partial charge in [0.2, 0.25) is 11.8 Å². The third-order valence-corrected chi connectivity index (χ3v) is 13.8. The van der Waals surface area contributed by atoms with Crippen LogP contribution in [0.5, 0.6) is 17.2 Å². The molecule has 0 aromatic heterocycles. The van der Waals surface area contributed by atoms with Crippen LogP contribution < -0.4 is 29.3 Å². The maximum atomic E-state index is 14.1. The summed E-state index contributed by atoms with van der Waals surface area (Å²) in [6, 6.07) is 11.1. The van der Waals surface area contributed by atoms with E-state index in [9.17, 15) is 43.8 Å². The Bertz CT molecular complexity index is 2710. The maximum Gasteiger partial charge on any atom is 0.416 e. The zero-order valence-electron chi connectivity index (χ0n) is 43.1. The van der Waals surface area contributed by atoms with E-state index in [1.165, 1.54) is 41.7 Å². The lowest BCUT2D eigenvalue weighted by Crippen LogP contribution is -2.50. The molecule has 4 heterocycles.